The molecule has 2 unspecified atom stereocenters. The van der Waals surface area contributed by atoms with E-state index < -0.39 is 0 Å². The summed E-state index contributed by atoms with van der Waals surface area (Å²) >= 11 is 3.90. The minimum Gasteiger partial charge on any atom is -0.354 e. The van der Waals surface area contributed by atoms with Crippen LogP contribution in [0.3, 0.4) is 0 Å². The summed E-state index contributed by atoms with van der Waals surface area (Å²) in [5.74, 6) is 3.53. The Labute approximate surface area is 87.6 Å². The van der Waals surface area contributed by atoms with Crippen LogP contribution < -0.4 is 11.1 Å². The smallest absolute Gasteiger partial charge is 0.236 e. The number of amides is 1. The van der Waals surface area contributed by atoms with E-state index in [0.29, 0.717) is 5.25 Å². The van der Waals surface area contributed by atoms with Gasteiger partial charge in [-0.1, -0.05) is 0 Å². The molecule has 1 aliphatic rings. The Kier molecular flexibility index (Phi) is 4.98. The molecule has 0 aromatic carbocycles. The van der Waals surface area contributed by atoms with Crippen LogP contribution in [-0.2, 0) is 4.79 Å². The van der Waals surface area contributed by atoms with Crippen molar-refractivity contribution >= 4 is 29.4 Å². The van der Waals surface area contributed by atoms with E-state index >= 15 is 0 Å². The highest BCUT2D eigenvalue weighted by Gasteiger charge is 2.15. The van der Waals surface area contributed by atoms with Crippen LogP contribution in [0.2, 0.25) is 0 Å². The lowest BCUT2D eigenvalue weighted by molar-refractivity contribution is -0.121. The number of hydrogen-bond acceptors (Lipinski definition) is 4. The lowest BCUT2D eigenvalue weighted by Crippen LogP contribution is -2.42. The number of carbonyl (C=O) groups is 1. The highest BCUT2D eigenvalue weighted by Crippen LogP contribution is 2.23. The van der Waals surface area contributed by atoms with Crippen LogP contribution in [-0.4, -0.2) is 41.0 Å². The second-order valence-electron chi connectivity index (χ2n) is 3.10. The lowest BCUT2D eigenvalue weighted by Gasteiger charge is -2.21. The van der Waals surface area contributed by atoms with Gasteiger partial charge in [0.15, 0.2) is 0 Å². The van der Waals surface area contributed by atoms with Crippen molar-refractivity contribution < 1.29 is 4.79 Å². The van der Waals surface area contributed by atoms with E-state index in [-0.39, 0.29) is 11.9 Å². The highest BCUT2D eigenvalue weighted by molar-refractivity contribution is 8.06. The van der Waals surface area contributed by atoms with Crippen molar-refractivity contribution in [1.82, 2.24) is 5.32 Å². The van der Waals surface area contributed by atoms with Gasteiger partial charge < -0.3 is 11.1 Å². The van der Waals surface area contributed by atoms with Gasteiger partial charge in [-0.25, -0.2) is 0 Å². The molecule has 3 nitrogen and oxygen atoms in total. The van der Waals surface area contributed by atoms with Gasteiger partial charge in [0.1, 0.15) is 0 Å². The van der Waals surface area contributed by atoms with Crippen molar-refractivity contribution in [2.75, 3.05) is 23.8 Å². The third-order valence-electron chi connectivity index (χ3n) is 1.80. The first-order valence-electron chi connectivity index (χ1n) is 4.43. The number of hydrogen-bond donors (Lipinski definition) is 2. The molecule has 2 atom stereocenters. The van der Waals surface area contributed by atoms with Gasteiger partial charge >= 0.3 is 0 Å². The maximum absolute atomic E-state index is 11.1. The quantitative estimate of drug-likeness (QED) is 0.718. The molecular formula is C8H16N2OS2. The minimum atomic E-state index is -0.388. The molecule has 1 aliphatic heterocycles. The fourth-order valence-corrected chi connectivity index (χ4v) is 3.64. The molecule has 1 amide bonds. The summed E-state index contributed by atoms with van der Waals surface area (Å²) in [6.07, 6.45) is 0. The Bertz CT molecular complexity index is 170. The van der Waals surface area contributed by atoms with Crippen LogP contribution in [0.1, 0.15) is 6.92 Å². The van der Waals surface area contributed by atoms with E-state index in [1.54, 1.807) is 6.92 Å². The third kappa shape index (κ3) is 4.24. The van der Waals surface area contributed by atoms with Crippen LogP contribution in [0.5, 0.6) is 0 Å². The predicted octanol–water partition coefficient (Wildman–Crippen LogP) is 0.298. The molecule has 0 saturated carbocycles. The topological polar surface area (TPSA) is 55.1 Å². The van der Waals surface area contributed by atoms with Gasteiger partial charge in [-0.05, 0) is 6.92 Å². The van der Waals surface area contributed by atoms with Crippen molar-refractivity contribution in [3.63, 3.8) is 0 Å². The Hall–Kier alpha value is 0.130. The molecule has 76 valence electrons. The number of nitrogens with one attached hydrogen (secondary N) is 1. The van der Waals surface area contributed by atoms with Gasteiger partial charge in [0.05, 0.1) is 6.04 Å². The molecule has 13 heavy (non-hydrogen) atoms. The maximum Gasteiger partial charge on any atom is 0.236 e. The summed E-state index contributed by atoms with van der Waals surface area (Å²) in [5, 5.41) is 3.42. The Morgan fingerprint density at radius 3 is 3.00 bits per heavy atom. The van der Waals surface area contributed by atoms with Crippen LogP contribution in [0, 0.1) is 0 Å². The third-order valence-corrected chi connectivity index (χ3v) is 4.65. The van der Waals surface area contributed by atoms with E-state index in [4.69, 9.17) is 5.73 Å². The molecule has 0 radical (unpaired) electrons. The van der Waals surface area contributed by atoms with Crippen molar-refractivity contribution in [3.05, 3.63) is 0 Å². The summed E-state index contributed by atoms with van der Waals surface area (Å²) in [5.41, 5.74) is 5.43. The molecule has 3 N–H and O–H groups in total. The van der Waals surface area contributed by atoms with Crippen LogP contribution in [0.15, 0.2) is 0 Å². The molecular weight excluding hydrogens is 204 g/mol. The number of nitrogens with two attached hydrogens (primary N) is 1. The maximum atomic E-state index is 11.1. The van der Waals surface area contributed by atoms with Gasteiger partial charge in [0.25, 0.3) is 0 Å². The second-order valence-corrected chi connectivity index (χ2v) is 5.66. The number of carbonyl (C=O) groups excluding carboxylic acids is 1. The number of thioether (sulfide) groups is 2. The Morgan fingerprint density at radius 1 is 1.69 bits per heavy atom. The first-order valence-corrected chi connectivity index (χ1v) is 6.63. The summed E-state index contributed by atoms with van der Waals surface area (Å²) in [4.78, 5) is 11.1. The normalized spacial score (nSPS) is 25.2. The minimum absolute atomic E-state index is 0.0452. The van der Waals surface area contributed by atoms with Crippen LogP contribution >= 0.6 is 23.5 Å². The number of rotatable bonds is 3. The zero-order valence-corrected chi connectivity index (χ0v) is 9.42. The van der Waals surface area contributed by atoms with Crippen molar-refractivity contribution in [3.8, 4) is 0 Å². The molecule has 0 spiro atoms. The average molecular weight is 220 g/mol. The predicted molar refractivity (Wildman–Crippen MR) is 60.2 cm³/mol. The monoisotopic (exact) mass is 220 g/mol. The van der Waals surface area contributed by atoms with Crippen molar-refractivity contribution in [2.24, 2.45) is 5.73 Å². The first-order chi connectivity index (χ1) is 6.20. The Balaban J connectivity index is 2.13. The van der Waals surface area contributed by atoms with Crippen molar-refractivity contribution in [1.29, 1.82) is 0 Å². The zero-order chi connectivity index (χ0) is 9.68. The SMILES string of the molecule is CC(N)C(=O)NCC1CSCCS1. The molecule has 1 saturated heterocycles. The first kappa shape index (κ1) is 11.2. The summed E-state index contributed by atoms with van der Waals surface area (Å²) in [6, 6.07) is -0.388. The molecule has 0 aromatic rings. The summed E-state index contributed by atoms with van der Waals surface area (Å²) < 4.78 is 0. The van der Waals surface area contributed by atoms with Gasteiger partial charge in [-0.15, -0.1) is 0 Å². The highest BCUT2D eigenvalue weighted by atomic mass is 32.2. The standard InChI is InChI=1S/C8H16N2OS2/c1-6(9)8(11)10-4-7-5-12-2-3-13-7/h6-7H,2-5,9H2,1H3,(H,10,11). The van der Waals surface area contributed by atoms with Gasteiger partial charge in [-0.2, -0.15) is 23.5 Å². The zero-order valence-electron chi connectivity index (χ0n) is 7.79. The van der Waals surface area contributed by atoms with E-state index in [9.17, 15) is 4.79 Å². The molecule has 1 heterocycles. The largest absolute Gasteiger partial charge is 0.354 e. The molecule has 0 aromatic heterocycles. The van der Waals surface area contributed by atoms with Gasteiger partial charge in [0, 0.05) is 29.1 Å². The van der Waals surface area contributed by atoms with E-state index in [1.165, 1.54) is 11.5 Å². The molecule has 0 aliphatic carbocycles. The Morgan fingerprint density at radius 2 is 2.46 bits per heavy atom. The molecule has 0 bridgehead atoms. The van der Waals surface area contributed by atoms with Crippen LogP contribution in [0.4, 0.5) is 0 Å². The molecule has 1 fully saturated rings. The van der Waals surface area contributed by atoms with E-state index in [0.717, 1.165) is 12.3 Å². The second kappa shape index (κ2) is 5.78. The summed E-state index contributed by atoms with van der Waals surface area (Å²) in [7, 11) is 0. The fourth-order valence-electron chi connectivity index (χ4n) is 1.03. The summed E-state index contributed by atoms with van der Waals surface area (Å²) in [6.45, 7) is 2.47. The van der Waals surface area contributed by atoms with E-state index in [1.807, 2.05) is 23.5 Å². The van der Waals surface area contributed by atoms with Gasteiger partial charge in [-0.3, -0.25) is 4.79 Å². The lowest BCUT2D eigenvalue weighted by atomic mass is 10.3. The average Bonchev–Trinajstić information content (AvgIpc) is 2.15. The molecule has 1 rings (SSSR count). The molecule has 5 heteroatoms. The van der Waals surface area contributed by atoms with Crippen molar-refractivity contribution in [2.45, 2.75) is 18.2 Å². The van der Waals surface area contributed by atoms with Crippen LogP contribution in [0.25, 0.3) is 0 Å². The fraction of sp³-hybridized carbons (Fsp3) is 0.875. The van der Waals surface area contributed by atoms with Gasteiger partial charge in [0.2, 0.25) is 5.91 Å². The van der Waals surface area contributed by atoms with E-state index in [2.05, 4.69) is 5.32 Å².